The molecule has 1 aliphatic carbocycles. The summed E-state index contributed by atoms with van der Waals surface area (Å²) in [6, 6.07) is 6.22. The molecule has 0 bridgehead atoms. The van der Waals surface area contributed by atoms with Gasteiger partial charge < -0.3 is 10.7 Å². The maximum atomic E-state index is 5.80. The molecule has 1 aliphatic rings. The standard InChI is InChI=1S/C12H15N3/c1-8-3-2-4-9-10(8)15-11(14-9)12(7-13)5-6-12/h2-4H,5-7,13H2,1H3,(H,14,15). The lowest BCUT2D eigenvalue weighted by Crippen LogP contribution is -2.21. The van der Waals surface area contributed by atoms with Crippen molar-refractivity contribution in [1.82, 2.24) is 9.97 Å². The van der Waals surface area contributed by atoms with Crippen LogP contribution in [0, 0.1) is 6.92 Å². The van der Waals surface area contributed by atoms with Gasteiger partial charge in [-0.05, 0) is 31.4 Å². The minimum absolute atomic E-state index is 0.158. The van der Waals surface area contributed by atoms with Crippen molar-refractivity contribution in [2.24, 2.45) is 5.73 Å². The van der Waals surface area contributed by atoms with Gasteiger partial charge in [0.1, 0.15) is 5.82 Å². The fraction of sp³-hybridized carbons (Fsp3) is 0.417. The average Bonchev–Trinajstić information content (AvgIpc) is 2.92. The Morgan fingerprint density at radius 2 is 2.27 bits per heavy atom. The Morgan fingerprint density at radius 3 is 2.87 bits per heavy atom. The first kappa shape index (κ1) is 8.92. The van der Waals surface area contributed by atoms with Crippen molar-refractivity contribution in [3.8, 4) is 0 Å². The molecule has 3 N–H and O–H groups in total. The van der Waals surface area contributed by atoms with Crippen LogP contribution in [-0.2, 0) is 5.41 Å². The van der Waals surface area contributed by atoms with Crippen LogP contribution in [-0.4, -0.2) is 16.5 Å². The number of aromatic amines is 1. The Labute approximate surface area is 88.7 Å². The highest BCUT2D eigenvalue weighted by Gasteiger charge is 2.45. The maximum absolute atomic E-state index is 5.80. The average molecular weight is 201 g/mol. The normalized spacial score (nSPS) is 18.3. The van der Waals surface area contributed by atoms with E-state index in [1.165, 1.54) is 18.4 Å². The van der Waals surface area contributed by atoms with Crippen molar-refractivity contribution < 1.29 is 0 Å². The number of imidazole rings is 1. The number of hydrogen-bond acceptors (Lipinski definition) is 2. The van der Waals surface area contributed by atoms with E-state index in [4.69, 9.17) is 5.73 Å². The first-order chi connectivity index (χ1) is 7.25. The Kier molecular flexibility index (Phi) is 1.68. The molecule has 0 amide bonds. The van der Waals surface area contributed by atoms with Crippen LogP contribution >= 0.6 is 0 Å². The fourth-order valence-electron chi connectivity index (χ4n) is 2.12. The van der Waals surface area contributed by atoms with Crippen LogP contribution in [0.4, 0.5) is 0 Å². The molecule has 3 rings (SSSR count). The topological polar surface area (TPSA) is 54.7 Å². The fourth-order valence-corrected chi connectivity index (χ4v) is 2.12. The maximum Gasteiger partial charge on any atom is 0.114 e. The van der Waals surface area contributed by atoms with Crippen LogP contribution in [0.3, 0.4) is 0 Å². The molecule has 0 atom stereocenters. The van der Waals surface area contributed by atoms with Crippen molar-refractivity contribution in [2.45, 2.75) is 25.2 Å². The number of nitrogens with zero attached hydrogens (tertiary/aromatic N) is 1. The van der Waals surface area contributed by atoms with Crippen LogP contribution in [0.5, 0.6) is 0 Å². The van der Waals surface area contributed by atoms with E-state index in [1.807, 2.05) is 0 Å². The Balaban J connectivity index is 2.19. The van der Waals surface area contributed by atoms with Crippen molar-refractivity contribution in [3.05, 3.63) is 29.6 Å². The minimum atomic E-state index is 0.158. The zero-order valence-electron chi connectivity index (χ0n) is 8.88. The highest BCUT2D eigenvalue weighted by atomic mass is 15.0. The molecule has 15 heavy (non-hydrogen) atoms. The molecule has 78 valence electrons. The Hall–Kier alpha value is -1.35. The van der Waals surface area contributed by atoms with Crippen molar-refractivity contribution in [1.29, 1.82) is 0 Å². The van der Waals surface area contributed by atoms with Crippen molar-refractivity contribution in [2.75, 3.05) is 6.54 Å². The molecule has 0 radical (unpaired) electrons. The van der Waals surface area contributed by atoms with Crippen LogP contribution in [0.15, 0.2) is 18.2 Å². The third-order valence-electron chi connectivity index (χ3n) is 3.46. The zero-order valence-corrected chi connectivity index (χ0v) is 8.88. The highest BCUT2D eigenvalue weighted by Crippen LogP contribution is 2.46. The summed E-state index contributed by atoms with van der Waals surface area (Å²) in [6.07, 6.45) is 2.34. The van der Waals surface area contributed by atoms with E-state index < -0.39 is 0 Å². The molecule has 0 aliphatic heterocycles. The number of nitrogens with one attached hydrogen (secondary N) is 1. The molecule has 0 saturated heterocycles. The van der Waals surface area contributed by atoms with Gasteiger partial charge in [-0.3, -0.25) is 0 Å². The van der Waals surface area contributed by atoms with Gasteiger partial charge in [0, 0.05) is 12.0 Å². The first-order valence-electron chi connectivity index (χ1n) is 5.41. The predicted octanol–water partition coefficient (Wildman–Crippen LogP) is 1.86. The number of para-hydroxylation sites is 1. The van der Waals surface area contributed by atoms with Gasteiger partial charge in [-0.1, -0.05) is 12.1 Å². The SMILES string of the molecule is Cc1cccc2[nH]c(C3(CN)CC3)nc12. The highest BCUT2D eigenvalue weighted by molar-refractivity contribution is 5.78. The molecule has 1 aromatic heterocycles. The third kappa shape index (κ3) is 1.20. The lowest BCUT2D eigenvalue weighted by Gasteiger charge is -2.06. The first-order valence-corrected chi connectivity index (χ1v) is 5.41. The summed E-state index contributed by atoms with van der Waals surface area (Å²) in [7, 11) is 0. The smallest absolute Gasteiger partial charge is 0.114 e. The number of rotatable bonds is 2. The van der Waals surface area contributed by atoms with Gasteiger partial charge in [0.2, 0.25) is 0 Å². The predicted molar refractivity (Wildman–Crippen MR) is 60.8 cm³/mol. The van der Waals surface area contributed by atoms with Gasteiger partial charge in [-0.25, -0.2) is 4.98 Å². The molecule has 0 unspecified atom stereocenters. The second kappa shape index (κ2) is 2.83. The number of nitrogens with two attached hydrogens (primary N) is 1. The summed E-state index contributed by atoms with van der Waals surface area (Å²) in [4.78, 5) is 8.08. The summed E-state index contributed by atoms with van der Waals surface area (Å²) in [6.45, 7) is 2.79. The molecule has 1 aromatic carbocycles. The van der Waals surface area contributed by atoms with Crippen molar-refractivity contribution in [3.63, 3.8) is 0 Å². The minimum Gasteiger partial charge on any atom is -0.341 e. The van der Waals surface area contributed by atoms with E-state index in [0.29, 0.717) is 6.54 Å². The Bertz CT molecular complexity index is 509. The van der Waals surface area contributed by atoms with Gasteiger partial charge >= 0.3 is 0 Å². The van der Waals surface area contributed by atoms with E-state index in [0.717, 1.165) is 16.9 Å². The second-order valence-corrected chi connectivity index (χ2v) is 4.54. The molecule has 3 heteroatoms. The zero-order chi connectivity index (χ0) is 10.5. The van der Waals surface area contributed by atoms with E-state index in [2.05, 4.69) is 35.1 Å². The molecular formula is C12H15N3. The summed E-state index contributed by atoms with van der Waals surface area (Å²) in [5, 5.41) is 0. The second-order valence-electron chi connectivity index (χ2n) is 4.54. The van der Waals surface area contributed by atoms with E-state index in [1.54, 1.807) is 0 Å². The van der Waals surface area contributed by atoms with Gasteiger partial charge in [-0.15, -0.1) is 0 Å². The lowest BCUT2D eigenvalue weighted by atomic mass is 10.1. The lowest BCUT2D eigenvalue weighted by molar-refractivity contribution is 0.662. The number of H-pyrrole nitrogens is 1. The van der Waals surface area contributed by atoms with E-state index in [-0.39, 0.29) is 5.41 Å². The molecule has 1 heterocycles. The van der Waals surface area contributed by atoms with E-state index >= 15 is 0 Å². The van der Waals surface area contributed by atoms with Gasteiger partial charge in [0.25, 0.3) is 0 Å². The Morgan fingerprint density at radius 1 is 1.47 bits per heavy atom. The van der Waals surface area contributed by atoms with E-state index in [9.17, 15) is 0 Å². The van der Waals surface area contributed by atoms with Gasteiger partial charge in [-0.2, -0.15) is 0 Å². The molecule has 2 aromatic rings. The van der Waals surface area contributed by atoms with Gasteiger partial charge in [0.05, 0.1) is 11.0 Å². The molecule has 0 spiro atoms. The number of aromatic nitrogens is 2. The molecule has 1 saturated carbocycles. The van der Waals surface area contributed by atoms with Crippen LogP contribution in [0.25, 0.3) is 11.0 Å². The monoisotopic (exact) mass is 201 g/mol. The molecule has 3 nitrogen and oxygen atoms in total. The quantitative estimate of drug-likeness (QED) is 0.779. The summed E-state index contributed by atoms with van der Waals surface area (Å²) < 4.78 is 0. The van der Waals surface area contributed by atoms with Crippen LogP contribution < -0.4 is 5.73 Å². The molecular weight excluding hydrogens is 186 g/mol. The summed E-state index contributed by atoms with van der Waals surface area (Å²) in [5.41, 5.74) is 9.40. The number of aryl methyl sites for hydroxylation is 1. The largest absolute Gasteiger partial charge is 0.341 e. The van der Waals surface area contributed by atoms with Crippen LogP contribution in [0.1, 0.15) is 24.2 Å². The number of fused-ring (bicyclic) bond motifs is 1. The number of hydrogen-bond donors (Lipinski definition) is 2. The molecule has 1 fully saturated rings. The summed E-state index contributed by atoms with van der Waals surface area (Å²) in [5.74, 6) is 1.08. The van der Waals surface area contributed by atoms with Gasteiger partial charge in [0.15, 0.2) is 0 Å². The number of benzene rings is 1. The third-order valence-corrected chi connectivity index (χ3v) is 3.46. The van der Waals surface area contributed by atoms with Crippen molar-refractivity contribution >= 4 is 11.0 Å². The van der Waals surface area contributed by atoms with Crippen LogP contribution in [0.2, 0.25) is 0 Å². The summed E-state index contributed by atoms with van der Waals surface area (Å²) >= 11 is 0.